The molecule has 0 spiro atoms. The molecule has 0 amide bonds. The topological polar surface area (TPSA) is 43.4 Å². The Labute approximate surface area is 76.8 Å². The van der Waals surface area contributed by atoms with Gasteiger partial charge in [-0.2, -0.15) is 0 Å². The van der Waals surface area contributed by atoms with E-state index >= 15 is 0 Å². The van der Waals surface area contributed by atoms with Crippen LogP contribution in [0.5, 0.6) is 0 Å². The Kier molecular flexibility index (Phi) is 3.43. The number of carbonyl (C=O) groups is 1. The van der Waals surface area contributed by atoms with Crippen molar-refractivity contribution in [2.24, 2.45) is 0 Å². The first-order chi connectivity index (χ1) is 5.74. The molecule has 0 N–H and O–H groups in total. The lowest BCUT2D eigenvalue weighted by Gasteiger charge is -1.96. The standard InChI is InChI=1S/C7H8O3S2/c1-10-6(8)5-12(9)7-3-2-4-11-7/h2-4H,5H2,1H3. The molecule has 3 nitrogen and oxygen atoms in total. The third-order valence-electron chi connectivity index (χ3n) is 1.20. The predicted octanol–water partition coefficient (Wildman–Crippen LogP) is 1.03. The molecule has 0 fully saturated rings. The number of methoxy groups -OCH3 is 1. The summed E-state index contributed by atoms with van der Waals surface area (Å²) in [6.45, 7) is 0. The maximum Gasteiger partial charge on any atom is 0.318 e. The van der Waals surface area contributed by atoms with Gasteiger partial charge in [0.2, 0.25) is 0 Å². The van der Waals surface area contributed by atoms with Crippen molar-refractivity contribution in [2.45, 2.75) is 4.21 Å². The number of carbonyl (C=O) groups excluding carboxylic acids is 1. The van der Waals surface area contributed by atoms with E-state index in [4.69, 9.17) is 0 Å². The number of ether oxygens (including phenoxy) is 1. The van der Waals surface area contributed by atoms with Crippen molar-refractivity contribution in [2.75, 3.05) is 12.9 Å². The molecule has 0 aliphatic rings. The first-order valence-corrected chi connectivity index (χ1v) is 5.42. The van der Waals surface area contributed by atoms with Gasteiger partial charge in [0.1, 0.15) is 5.75 Å². The van der Waals surface area contributed by atoms with E-state index < -0.39 is 16.8 Å². The number of hydrogen-bond donors (Lipinski definition) is 0. The van der Waals surface area contributed by atoms with Gasteiger partial charge in [-0.05, 0) is 11.4 Å². The van der Waals surface area contributed by atoms with Gasteiger partial charge < -0.3 is 4.74 Å². The molecule has 0 aliphatic carbocycles. The molecule has 0 aliphatic heterocycles. The Morgan fingerprint density at radius 1 is 1.75 bits per heavy atom. The summed E-state index contributed by atoms with van der Waals surface area (Å²) in [5, 5.41) is 1.82. The Bertz CT molecular complexity index is 279. The lowest BCUT2D eigenvalue weighted by molar-refractivity contribution is -0.137. The second-order valence-electron chi connectivity index (χ2n) is 2.00. The molecule has 66 valence electrons. The highest BCUT2D eigenvalue weighted by molar-refractivity contribution is 7.88. The van der Waals surface area contributed by atoms with Crippen molar-refractivity contribution in [3.8, 4) is 0 Å². The molecule has 1 unspecified atom stereocenters. The van der Waals surface area contributed by atoms with Crippen molar-refractivity contribution in [1.29, 1.82) is 0 Å². The molecule has 1 heterocycles. The van der Waals surface area contributed by atoms with Gasteiger partial charge in [-0.15, -0.1) is 11.3 Å². The van der Waals surface area contributed by atoms with Gasteiger partial charge in [-0.3, -0.25) is 9.00 Å². The van der Waals surface area contributed by atoms with Crippen molar-refractivity contribution < 1.29 is 13.7 Å². The zero-order chi connectivity index (χ0) is 8.97. The zero-order valence-electron chi connectivity index (χ0n) is 6.48. The Morgan fingerprint density at radius 3 is 3.00 bits per heavy atom. The summed E-state index contributed by atoms with van der Waals surface area (Å²) in [5.41, 5.74) is 0. The van der Waals surface area contributed by atoms with Crippen LogP contribution in [0.1, 0.15) is 0 Å². The summed E-state index contributed by atoms with van der Waals surface area (Å²) in [6.07, 6.45) is 0. The molecule has 0 radical (unpaired) electrons. The first-order valence-electron chi connectivity index (χ1n) is 3.22. The van der Waals surface area contributed by atoms with Crippen LogP contribution >= 0.6 is 11.3 Å². The van der Waals surface area contributed by atoms with E-state index in [-0.39, 0.29) is 5.75 Å². The second kappa shape index (κ2) is 4.37. The smallest absolute Gasteiger partial charge is 0.318 e. The van der Waals surface area contributed by atoms with Gasteiger partial charge in [0.15, 0.2) is 0 Å². The van der Waals surface area contributed by atoms with Crippen LogP contribution in [0.15, 0.2) is 21.7 Å². The summed E-state index contributed by atoms with van der Waals surface area (Å²) in [6, 6.07) is 3.54. The van der Waals surface area contributed by atoms with E-state index in [0.717, 1.165) is 0 Å². The van der Waals surface area contributed by atoms with Crippen LogP contribution in [0.25, 0.3) is 0 Å². The van der Waals surface area contributed by atoms with Crippen molar-refractivity contribution >= 4 is 28.1 Å². The van der Waals surface area contributed by atoms with Gasteiger partial charge in [-0.25, -0.2) is 0 Å². The van der Waals surface area contributed by atoms with Gasteiger partial charge in [0.05, 0.1) is 22.1 Å². The van der Waals surface area contributed by atoms with E-state index in [9.17, 15) is 9.00 Å². The average molecular weight is 204 g/mol. The Balaban J connectivity index is 2.56. The van der Waals surface area contributed by atoms with E-state index in [1.807, 2.05) is 5.38 Å². The predicted molar refractivity (Wildman–Crippen MR) is 47.6 cm³/mol. The van der Waals surface area contributed by atoms with Crippen molar-refractivity contribution in [3.05, 3.63) is 17.5 Å². The minimum absolute atomic E-state index is 0.0585. The number of thiophene rings is 1. The highest BCUT2D eigenvalue weighted by atomic mass is 32.2. The van der Waals surface area contributed by atoms with Gasteiger partial charge in [0.25, 0.3) is 0 Å². The van der Waals surface area contributed by atoms with E-state index in [0.29, 0.717) is 4.21 Å². The lowest BCUT2D eigenvalue weighted by Crippen LogP contribution is -2.11. The van der Waals surface area contributed by atoms with Crippen LogP contribution in [-0.2, 0) is 20.3 Å². The first kappa shape index (κ1) is 9.41. The number of rotatable bonds is 3. The Hall–Kier alpha value is -0.680. The summed E-state index contributed by atoms with van der Waals surface area (Å²) in [4.78, 5) is 10.7. The van der Waals surface area contributed by atoms with Crippen molar-refractivity contribution in [3.63, 3.8) is 0 Å². The second-order valence-corrected chi connectivity index (χ2v) is 4.62. The van der Waals surface area contributed by atoms with Gasteiger partial charge in [-0.1, -0.05) is 6.07 Å². The van der Waals surface area contributed by atoms with Crippen LogP contribution in [0.3, 0.4) is 0 Å². The molecule has 0 bridgehead atoms. The minimum Gasteiger partial charge on any atom is -0.468 e. The fraction of sp³-hybridized carbons (Fsp3) is 0.286. The molecular weight excluding hydrogens is 196 g/mol. The third kappa shape index (κ3) is 2.42. The molecule has 1 atom stereocenters. The minimum atomic E-state index is -1.24. The third-order valence-corrected chi connectivity index (χ3v) is 3.79. The number of hydrogen-bond acceptors (Lipinski definition) is 4. The molecule has 1 aromatic heterocycles. The normalized spacial score (nSPS) is 12.4. The van der Waals surface area contributed by atoms with E-state index in [2.05, 4.69) is 4.74 Å². The van der Waals surface area contributed by atoms with Crippen LogP contribution in [-0.4, -0.2) is 23.0 Å². The summed E-state index contributed by atoms with van der Waals surface area (Å²) >= 11 is 1.38. The average Bonchev–Trinajstić information content (AvgIpc) is 2.56. The molecule has 1 aromatic rings. The monoisotopic (exact) mass is 204 g/mol. The van der Waals surface area contributed by atoms with Crippen LogP contribution in [0.4, 0.5) is 0 Å². The molecule has 0 aromatic carbocycles. The number of esters is 1. The fourth-order valence-electron chi connectivity index (χ4n) is 0.630. The lowest BCUT2D eigenvalue weighted by atomic mass is 10.7. The summed E-state index contributed by atoms with van der Waals surface area (Å²) in [5.74, 6) is -0.501. The maximum atomic E-state index is 11.3. The van der Waals surface area contributed by atoms with E-state index in [1.165, 1.54) is 18.4 Å². The van der Waals surface area contributed by atoms with Gasteiger partial charge >= 0.3 is 5.97 Å². The molecule has 5 heteroatoms. The SMILES string of the molecule is COC(=O)CS(=O)c1cccs1. The van der Waals surface area contributed by atoms with Gasteiger partial charge in [0, 0.05) is 0 Å². The highest BCUT2D eigenvalue weighted by Crippen LogP contribution is 2.13. The molecule has 12 heavy (non-hydrogen) atoms. The maximum absolute atomic E-state index is 11.3. The summed E-state index contributed by atoms with van der Waals surface area (Å²) < 4.78 is 16.4. The van der Waals surface area contributed by atoms with Crippen molar-refractivity contribution in [1.82, 2.24) is 0 Å². The molecular formula is C7H8O3S2. The fourth-order valence-corrected chi connectivity index (χ4v) is 2.56. The summed E-state index contributed by atoms with van der Waals surface area (Å²) in [7, 11) is 0.0474. The van der Waals surface area contributed by atoms with Crippen LogP contribution in [0, 0.1) is 0 Å². The molecule has 0 saturated carbocycles. The van der Waals surface area contributed by atoms with Crippen LogP contribution in [0.2, 0.25) is 0 Å². The van der Waals surface area contributed by atoms with Crippen LogP contribution < -0.4 is 0 Å². The Morgan fingerprint density at radius 2 is 2.50 bits per heavy atom. The van der Waals surface area contributed by atoms with E-state index in [1.54, 1.807) is 12.1 Å². The quantitative estimate of drug-likeness (QED) is 0.691. The largest absolute Gasteiger partial charge is 0.468 e. The zero-order valence-corrected chi connectivity index (χ0v) is 8.11. The molecule has 0 saturated heterocycles. The highest BCUT2D eigenvalue weighted by Gasteiger charge is 2.10. The molecule has 1 rings (SSSR count).